The molecule has 2 rings (SSSR count). The Balaban J connectivity index is 2.06. The number of nitrogens with zero attached hydrogens (tertiary/aromatic N) is 1. The minimum absolute atomic E-state index is 0.213. The summed E-state index contributed by atoms with van der Waals surface area (Å²) in [5.74, 6) is 0.908. The van der Waals surface area contributed by atoms with Crippen molar-refractivity contribution >= 4 is 7.82 Å². The Morgan fingerprint density at radius 1 is 0.724 bits per heavy atom. The summed E-state index contributed by atoms with van der Waals surface area (Å²) in [7, 11) is -3.84. The van der Waals surface area contributed by atoms with Crippen LogP contribution in [0.5, 0.6) is 11.5 Å². The van der Waals surface area contributed by atoms with Gasteiger partial charge in [-0.05, 0) is 37.1 Å². The molecule has 0 saturated carbocycles. The number of hydrogen-bond acceptors (Lipinski definition) is 5. The van der Waals surface area contributed by atoms with E-state index in [9.17, 15) is 4.57 Å². The number of phosphoric acid groups is 1. The molecule has 0 aliphatic rings. The maximum absolute atomic E-state index is 13.4. The van der Waals surface area contributed by atoms with Crippen LogP contribution in [-0.2, 0) is 9.09 Å². The third kappa shape index (κ3) is 9.49. The van der Waals surface area contributed by atoms with Gasteiger partial charge in [-0.2, -0.15) is 0 Å². The molecular weight excluding hydrogens is 385 g/mol. The number of rotatable bonds is 15. The van der Waals surface area contributed by atoms with Crippen molar-refractivity contribution in [1.82, 2.24) is 4.90 Å². The summed E-state index contributed by atoms with van der Waals surface area (Å²) in [6, 6.07) is 18.0. The smallest absolute Gasteiger partial charge is 0.395 e. The van der Waals surface area contributed by atoms with Crippen molar-refractivity contribution in [3.8, 4) is 11.5 Å². The van der Waals surface area contributed by atoms with Crippen LogP contribution in [0.25, 0.3) is 0 Å². The Hall–Kier alpha value is -1.81. The van der Waals surface area contributed by atoms with Crippen molar-refractivity contribution in [2.24, 2.45) is 0 Å². The van der Waals surface area contributed by atoms with Gasteiger partial charge in [-0.25, -0.2) is 4.57 Å². The molecule has 160 valence electrons. The lowest BCUT2D eigenvalue weighted by Gasteiger charge is -2.25. The van der Waals surface area contributed by atoms with Gasteiger partial charge in [0.1, 0.15) is 18.2 Å². The molecule has 0 heterocycles. The van der Waals surface area contributed by atoms with E-state index in [-0.39, 0.29) is 6.73 Å². The first kappa shape index (κ1) is 23.5. The fourth-order valence-corrected chi connectivity index (χ4v) is 4.06. The maximum Gasteiger partial charge on any atom is 0.588 e. The van der Waals surface area contributed by atoms with Crippen molar-refractivity contribution in [3.05, 3.63) is 60.7 Å². The summed E-state index contributed by atoms with van der Waals surface area (Å²) in [4.78, 5) is 2.20. The number of para-hydroxylation sites is 2. The molecule has 0 N–H and O–H groups in total. The zero-order valence-electron chi connectivity index (χ0n) is 17.7. The van der Waals surface area contributed by atoms with Crippen LogP contribution in [0.15, 0.2) is 60.7 Å². The fourth-order valence-electron chi connectivity index (χ4n) is 2.86. The van der Waals surface area contributed by atoms with E-state index in [4.69, 9.17) is 13.6 Å². The largest absolute Gasteiger partial charge is 0.588 e. The van der Waals surface area contributed by atoms with Gasteiger partial charge >= 0.3 is 7.82 Å². The maximum atomic E-state index is 13.4. The van der Waals surface area contributed by atoms with Gasteiger partial charge < -0.3 is 9.05 Å². The van der Waals surface area contributed by atoms with Crippen molar-refractivity contribution < 1.29 is 18.1 Å². The molecule has 0 bridgehead atoms. The second-order valence-corrected chi connectivity index (χ2v) is 8.56. The Bertz CT molecular complexity index is 656. The normalized spacial score (nSPS) is 11.6. The molecule has 2 aromatic carbocycles. The van der Waals surface area contributed by atoms with Crippen molar-refractivity contribution in [2.45, 2.75) is 52.4 Å². The van der Waals surface area contributed by atoms with Crippen LogP contribution >= 0.6 is 7.82 Å². The standard InChI is InChI=1S/C23H34NO4P/c1-3-5-13-19-24(20-14-6-4-2)21-26-29(25,27-22-15-9-7-10-16-22)28-23-17-11-8-12-18-23/h7-12,15-18H,3-6,13-14,19-21H2,1-2H3. The SMILES string of the molecule is CCCCCN(CCCCC)COP(=O)(Oc1ccccc1)Oc1ccccc1. The third-order valence-electron chi connectivity index (χ3n) is 4.48. The van der Waals surface area contributed by atoms with E-state index >= 15 is 0 Å². The molecule has 0 aromatic heterocycles. The summed E-state index contributed by atoms with van der Waals surface area (Å²) >= 11 is 0. The van der Waals surface area contributed by atoms with E-state index in [0.717, 1.165) is 38.8 Å². The van der Waals surface area contributed by atoms with Crippen LogP contribution < -0.4 is 9.05 Å². The van der Waals surface area contributed by atoms with E-state index in [2.05, 4.69) is 18.7 Å². The minimum atomic E-state index is -3.84. The molecule has 0 atom stereocenters. The zero-order chi connectivity index (χ0) is 20.8. The number of unbranched alkanes of at least 4 members (excludes halogenated alkanes) is 4. The summed E-state index contributed by atoms with van der Waals surface area (Å²) in [6.45, 7) is 6.41. The number of phosphoric ester groups is 1. The highest BCUT2D eigenvalue weighted by Gasteiger charge is 2.31. The van der Waals surface area contributed by atoms with Gasteiger partial charge in [0.05, 0.1) is 0 Å². The van der Waals surface area contributed by atoms with Gasteiger partial charge in [0.25, 0.3) is 0 Å². The highest BCUT2D eigenvalue weighted by atomic mass is 31.2. The van der Waals surface area contributed by atoms with Crippen molar-refractivity contribution in [3.63, 3.8) is 0 Å². The molecule has 0 aliphatic heterocycles. The summed E-state index contributed by atoms with van der Waals surface area (Å²) < 4.78 is 30.6. The van der Waals surface area contributed by atoms with Gasteiger partial charge in [0, 0.05) is 13.1 Å². The van der Waals surface area contributed by atoms with Crippen LogP contribution in [0, 0.1) is 0 Å². The number of hydrogen-bond donors (Lipinski definition) is 0. The molecule has 29 heavy (non-hydrogen) atoms. The molecular formula is C23H34NO4P. The molecule has 2 aromatic rings. The van der Waals surface area contributed by atoms with Gasteiger partial charge in [-0.1, -0.05) is 75.9 Å². The van der Waals surface area contributed by atoms with Crippen LogP contribution in [0.1, 0.15) is 52.4 Å². The van der Waals surface area contributed by atoms with Gasteiger partial charge in [-0.3, -0.25) is 9.42 Å². The molecule has 0 aliphatic carbocycles. The molecule has 0 fully saturated rings. The van der Waals surface area contributed by atoms with E-state index in [1.807, 2.05) is 36.4 Å². The number of benzene rings is 2. The summed E-state index contributed by atoms with van der Waals surface area (Å²) in [6.07, 6.45) is 6.85. The fraction of sp³-hybridized carbons (Fsp3) is 0.478. The molecule has 0 radical (unpaired) electrons. The second-order valence-electron chi connectivity index (χ2n) is 7.05. The molecule has 6 heteroatoms. The summed E-state index contributed by atoms with van der Waals surface area (Å²) in [5, 5.41) is 0. The van der Waals surface area contributed by atoms with E-state index in [0.29, 0.717) is 11.5 Å². The quantitative estimate of drug-likeness (QED) is 0.178. The van der Waals surface area contributed by atoms with Crippen LogP contribution in [-0.4, -0.2) is 24.7 Å². The Morgan fingerprint density at radius 2 is 1.17 bits per heavy atom. The summed E-state index contributed by atoms with van der Waals surface area (Å²) in [5.41, 5.74) is 0. The zero-order valence-corrected chi connectivity index (χ0v) is 18.6. The molecule has 0 spiro atoms. The average molecular weight is 420 g/mol. The first-order chi connectivity index (χ1) is 14.1. The van der Waals surface area contributed by atoms with Gasteiger partial charge in [0.15, 0.2) is 0 Å². The van der Waals surface area contributed by atoms with Gasteiger partial charge in [0.2, 0.25) is 0 Å². The molecule has 0 saturated heterocycles. The predicted octanol–water partition coefficient (Wildman–Crippen LogP) is 6.91. The van der Waals surface area contributed by atoms with E-state index < -0.39 is 7.82 Å². The van der Waals surface area contributed by atoms with E-state index in [1.54, 1.807) is 24.3 Å². The van der Waals surface area contributed by atoms with Crippen LogP contribution in [0.3, 0.4) is 0 Å². The first-order valence-electron chi connectivity index (χ1n) is 10.6. The first-order valence-corrected chi connectivity index (χ1v) is 12.1. The van der Waals surface area contributed by atoms with Crippen molar-refractivity contribution in [1.29, 1.82) is 0 Å². The third-order valence-corrected chi connectivity index (χ3v) is 5.78. The average Bonchev–Trinajstić information content (AvgIpc) is 2.73. The molecule has 5 nitrogen and oxygen atoms in total. The van der Waals surface area contributed by atoms with E-state index in [1.165, 1.54) is 12.8 Å². The van der Waals surface area contributed by atoms with Gasteiger partial charge in [-0.15, -0.1) is 0 Å². The molecule has 0 amide bonds. The van der Waals surface area contributed by atoms with Crippen LogP contribution in [0.4, 0.5) is 0 Å². The van der Waals surface area contributed by atoms with Crippen LogP contribution in [0.2, 0.25) is 0 Å². The Labute approximate surface area is 175 Å². The highest BCUT2D eigenvalue weighted by Crippen LogP contribution is 2.49. The lowest BCUT2D eigenvalue weighted by molar-refractivity contribution is 0.0937. The highest BCUT2D eigenvalue weighted by molar-refractivity contribution is 7.49. The van der Waals surface area contributed by atoms with Crippen molar-refractivity contribution in [2.75, 3.05) is 19.8 Å². The Morgan fingerprint density at radius 3 is 1.59 bits per heavy atom. The minimum Gasteiger partial charge on any atom is -0.395 e. The topological polar surface area (TPSA) is 48.0 Å². The monoisotopic (exact) mass is 419 g/mol. The lowest BCUT2D eigenvalue weighted by Crippen LogP contribution is -2.29. The second kappa shape index (κ2) is 13.4. The predicted molar refractivity (Wildman–Crippen MR) is 118 cm³/mol. The Kier molecular flexibility index (Phi) is 10.9. The molecule has 0 unspecified atom stereocenters. The lowest BCUT2D eigenvalue weighted by atomic mass is 10.2.